The third-order valence-electron chi connectivity index (χ3n) is 4.54. The second-order valence-electron chi connectivity index (χ2n) is 6.34. The topological polar surface area (TPSA) is 45.5 Å². The van der Waals surface area contributed by atoms with Gasteiger partial charge in [-0.05, 0) is 61.5 Å². The van der Waals surface area contributed by atoms with Crippen LogP contribution < -0.4 is 5.32 Å². The summed E-state index contributed by atoms with van der Waals surface area (Å²) < 4.78 is 5.20. The van der Waals surface area contributed by atoms with Gasteiger partial charge in [-0.15, -0.1) is 11.3 Å². The number of thiophene rings is 1. The molecule has 1 fully saturated rings. The van der Waals surface area contributed by atoms with Crippen LogP contribution in [0.4, 0.5) is 0 Å². The molecule has 1 N–H and O–H groups in total. The summed E-state index contributed by atoms with van der Waals surface area (Å²) in [5.74, 6) is 1.40. The van der Waals surface area contributed by atoms with Gasteiger partial charge in [-0.3, -0.25) is 9.69 Å². The van der Waals surface area contributed by atoms with Crippen LogP contribution in [0.25, 0.3) is 6.08 Å². The minimum atomic E-state index is -0.0849. The highest BCUT2D eigenvalue weighted by Gasteiger charge is 2.25. The molecule has 0 unspecified atom stereocenters. The molecule has 0 aromatic carbocycles. The molecule has 3 rings (SSSR count). The summed E-state index contributed by atoms with van der Waals surface area (Å²) in [5, 5.41) is 5.14. The van der Waals surface area contributed by atoms with Crippen LogP contribution in [0.15, 0.2) is 46.4 Å². The molecule has 24 heavy (non-hydrogen) atoms. The van der Waals surface area contributed by atoms with Gasteiger partial charge in [-0.25, -0.2) is 0 Å². The number of rotatable bonds is 6. The molecule has 5 heteroatoms. The molecule has 0 saturated carbocycles. The Hall–Kier alpha value is -1.85. The van der Waals surface area contributed by atoms with E-state index in [-0.39, 0.29) is 11.9 Å². The lowest BCUT2D eigenvalue weighted by Crippen LogP contribution is -2.41. The maximum Gasteiger partial charge on any atom is 0.244 e. The van der Waals surface area contributed by atoms with Gasteiger partial charge in [0.1, 0.15) is 5.76 Å². The average Bonchev–Trinajstić information content (AvgIpc) is 3.28. The van der Waals surface area contributed by atoms with Crippen molar-refractivity contribution in [1.82, 2.24) is 10.2 Å². The molecule has 1 amide bonds. The lowest BCUT2D eigenvalue weighted by molar-refractivity contribution is -0.116. The van der Waals surface area contributed by atoms with Crippen molar-refractivity contribution in [2.45, 2.75) is 25.8 Å². The van der Waals surface area contributed by atoms with Gasteiger partial charge >= 0.3 is 0 Å². The maximum atomic E-state index is 12.1. The predicted molar refractivity (Wildman–Crippen MR) is 97.8 cm³/mol. The van der Waals surface area contributed by atoms with Crippen LogP contribution in [-0.4, -0.2) is 30.4 Å². The molecule has 3 heterocycles. The molecule has 0 bridgehead atoms. The van der Waals surface area contributed by atoms with E-state index in [4.69, 9.17) is 4.42 Å². The van der Waals surface area contributed by atoms with Crippen molar-refractivity contribution in [3.63, 3.8) is 0 Å². The summed E-state index contributed by atoms with van der Waals surface area (Å²) in [5.41, 5.74) is 0. The Labute approximate surface area is 147 Å². The van der Waals surface area contributed by atoms with Crippen molar-refractivity contribution < 1.29 is 9.21 Å². The first-order valence-electron chi connectivity index (χ1n) is 8.49. The average molecular weight is 344 g/mol. The third-order valence-corrected chi connectivity index (χ3v) is 5.52. The fourth-order valence-corrected chi connectivity index (χ4v) is 3.89. The third kappa shape index (κ3) is 4.58. The van der Waals surface area contributed by atoms with Gasteiger partial charge < -0.3 is 9.73 Å². The van der Waals surface area contributed by atoms with Crippen molar-refractivity contribution in [3.05, 3.63) is 52.6 Å². The number of furan rings is 1. The summed E-state index contributed by atoms with van der Waals surface area (Å²) in [4.78, 5) is 15.9. The number of carbonyl (C=O) groups is 1. The largest absolute Gasteiger partial charge is 0.465 e. The number of hydrogen-bond acceptors (Lipinski definition) is 4. The summed E-state index contributed by atoms with van der Waals surface area (Å²) in [6, 6.07) is 8.14. The normalized spacial score (nSPS) is 18.0. The molecule has 1 saturated heterocycles. The molecule has 128 valence electrons. The van der Waals surface area contributed by atoms with E-state index in [2.05, 4.69) is 34.7 Å². The van der Waals surface area contributed by atoms with Gasteiger partial charge in [0.2, 0.25) is 5.91 Å². The molecule has 0 radical (unpaired) electrons. The van der Waals surface area contributed by atoms with E-state index in [1.54, 1.807) is 23.7 Å². The number of piperidine rings is 1. The van der Waals surface area contributed by atoms with Crippen molar-refractivity contribution in [1.29, 1.82) is 0 Å². The maximum absolute atomic E-state index is 12.1. The fourth-order valence-electron chi connectivity index (χ4n) is 3.03. The molecule has 2 aromatic rings. The van der Waals surface area contributed by atoms with Crippen LogP contribution in [0.2, 0.25) is 0 Å². The Bertz CT molecular complexity index is 641. The number of carbonyl (C=O) groups excluding carboxylic acids is 1. The van der Waals surface area contributed by atoms with Crippen molar-refractivity contribution in [2.75, 3.05) is 19.6 Å². The molecule has 1 aliphatic rings. The highest BCUT2D eigenvalue weighted by atomic mass is 32.1. The molecule has 1 aliphatic heterocycles. The van der Waals surface area contributed by atoms with Gasteiger partial charge in [0.25, 0.3) is 0 Å². The zero-order chi connectivity index (χ0) is 16.8. The second kappa shape index (κ2) is 8.31. The van der Waals surface area contributed by atoms with Crippen LogP contribution in [0.5, 0.6) is 0 Å². The first-order chi connectivity index (χ1) is 11.7. The second-order valence-corrected chi connectivity index (χ2v) is 7.32. The highest BCUT2D eigenvalue weighted by Crippen LogP contribution is 2.29. The van der Waals surface area contributed by atoms with Crippen molar-refractivity contribution in [3.8, 4) is 0 Å². The van der Waals surface area contributed by atoms with E-state index in [0.29, 0.717) is 12.3 Å². The van der Waals surface area contributed by atoms with Gasteiger partial charge in [0.05, 0.1) is 12.3 Å². The lowest BCUT2D eigenvalue weighted by Gasteiger charge is -2.36. The summed E-state index contributed by atoms with van der Waals surface area (Å²) in [7, 11) is 0. The van der Waals surface area contributed by atoms with E-state index >= 15 is 0 Å². The summed E-state index contributed by atoms with van der Waals surface area (Å²) in [6.07, 6.45) is 7.28. The first-order valence-corrected chi connectivity index (χ1v) is 9.37. The fraction of sp³-hybridized carbons (Fsp3) is 0.421. The van der Waals surface area contributed by atoms with E-state index in [1.165, 1.54) is 23.8 Å². The minimum Gasteiger partial charge on any atom is -0.465 e. The molecule has 4 nitrogen and oxygen atoms in total. The molecule has 1 atom stereocenters. The quantitative estimate of drug-likeness (QED) is 0.807. The number of likely N-dealkylation sites (tertiary alicyclic amines) is 1. The van der Waals surface area contributed by atoms with Gasteiger partial charge in [0, 0.05) is 17.5 Å². The lowest BCUT2D eigenvalue weighted by atomic mass is 9.97. The van der Waals surface area contributed by atoms with E-state index in [0.717, 1.165) is 19.0 Å². The van der Waals surface area contributed by atoms with E-state index in [1.807, 2.05) is 12.1 Å². The molecule has 0 aliphatic carbocycles. The Balaban J connectivity index is 1.59. The Morgan fingerprint density at radius 1 is 1.42 bits per heavy atom. The van der Waals surface area contributed by atoms with E-state index < -0.39 is 0 Å². The molecule has 2 aromatic heterocycles. The highest BCUT2D eigenvalue weighted by molar-refractivity contribution is 7.10. The molecule has 0 spiro atoms. The number of nitrogens with zero attached hydrogens (tertiary/aromatic N) is 1. The van der Waals surface area contributed by atoms with Crippen LogP contribution in [0, 0.1) is 5.92 Å². The predicted octanol–water partition coefficient (Wildman–Crippen LogP) is 3.94. The van der Waals surface area contributed by atoms with Gasteiger partial charge in [0.15, 0.2) is 0 Å². The Kier molecular flexibility index (Phi) is 5.88. The molecular weight excluding hydrogens is 320 g/mol. The summed E-state index contributed by atoms with van der Waals surface area (Å²) in [6.45, 7) is 5.15. The van der Waals surface area contributed by atoms with E-state index in [9.17, 15) is 4.79 Å². The van der Waals surface area contributed by atoms with Gasteiger partial charge in [-0.2, -0.15) is 0 Å². The van der Waals surface area contributed by atoms with Gasteiger partial charge in [-0.1, -0.05) is 13.0 Å². The minimum absolute atomic E-state index is 0.0849. The monoisotopic (exact) mass is 344 g/mol. The number of nitrogens with one attached hydrogen (secondary N) is 1. The van der Waals surface area contributed by atoms with Crippen molar-refractivity contribution in [2.24, 2.45) is 5.92 Å². The van der Waals surface area contributed by atoms with Crippen LogP contribution in [0.1, 0.15) is 36.4 Å². The number of hydrogen-bond donors (Lipinski definition) is 1. The first kappa shape index (κ1) is 17.0. The van der Waals surface area contributed by atoms with Crippen molar-refractivity contribution >= 4 is 23.3 Å². The SMILES string of the molecule is CC1CCN([C@H](CNC(=O)/C=C/c2ccco2)c2cccs2)CC1. The smallest absolute Gasteiger partial charge is 0.244 e. The summed E-state index contributed by atoms with van der Waals surface area (Å²) >= 11 is 1.76. The Morgan fingerprint density at radius 2 is 2.25 bits per heavy atom. The molecular formula is C19H24N2O2S. The standard InChI is InChI=1S/C19H24N2O2S/c1-15-8-10-21(11-9-15)17(18-5-3-13-24-18)14-20-19(22)7-6-16-4-2-12-23-16/h2-7,12-13,15,17H,8-11,14H2,1H3,(H,20,22)/b7-6+/t17-/m1/s1. The Morgan fingerprint density at radius 3 is 2.92 bits per heavy atom. The van der Waals surface area contributed by atoms with Crippen LogP contribution in [0.3, 0.4) is 0 Å². The van der Waals surface area contributed by atoms with Crippen LogP contribution in [-0.2, 0) is 4.79 Å². The van der Waals surface area contributed by atoms with Crippen LogP contribution >= 0.6 is 11.3 Å². The number of amides is 1. The zero-order valence-electron chi connectivity index (χ0n) is 14.0. The zero-order valence-corrected chi connectivity index (χ0v) is 14.8.